The van der Waals surface area contributed by atoms with E-state index in [-0.39, 0.29) is 0 Å². The third kappa shape index (κ3) is 6.50. The highest BCUT2D eigenvalue weighted by Gasteiger charge is 2.54. The van der Waals surface area contributed by atoms with Gasteiger partial charge in [0.25, 0.3) is 23.5 Å². The van der Waals surface area contributed by atoms with Crippen molar-refractivity contribution in [2.75, 3.05) is 0 Å². The van der Waals surface area contributed by atoms with Gasteiger partial charge in [0.2, 0.25) is 0 Å². The van der Waals surface area contributed by atoms with Gasteiger partial charge in [-0.2, -0.15) is 0 Å². The summed E-state index contributed by atoms with van der Waals surface area (Å²) in [5.74, 6) is 0. The first-order valence-corrected chi connectivity index (χ1v) is 10.2. The highest BCUT2D eigenvalue weighted by molar-refractivity contribution is 7.45. The Hall–Kier alpha value is 0.210. The van der Waals surface area contributed by atoms with Gasteiger partial charge in [0.1, 0.15) is 36.6 Å². The van der Waals surface area contributed by atoms with Crippen LogP contribution in [0.15, 0.2) is 0 Å². The second-order valence-corrected chi connectivity index (χ2v) is 8.03. The molecule has 1 rings (SSSR count). The van der Waals surface area contributed by atoms with E-state index in [1.807, 2.05) is 0 Å². The Bertz CT molecular complexity index is 536. The summed E-state index contributed by atoms with van der Waals surface area (Å²) in [5, 5.41) is 28.8. The monoisotopic (exact) mass is 417 g/mol. The normalized spacial score (nSPS) is 41.9. The molecule has 144 valence electrons. The molecule has 0 radical (unpaired) electrons. The van der Waals surface area contributed by atoms with Crippen LogP contribution in [-0.2, 0) is 27.3 Å². The molecule has 18 heteroatoms. The molecule has 6 N–H and O–H groups in total. The van der Waals surface area contributed by atoms with E-state index in [4.69, 9.17) is 14.7 Å². The summed E-state index contributed by atoms with van der Waals surface area (Å²) in [6, 6.07) is 0. The van der Waals surface area contributed by atoms with Gasteiger partial charge in [0.15, 0.2) is 0 Å². The number of hydrogen-bond donors (Lipinski definition) is 6. The highest BCUT2D eigenvalue weighted by atomic mass is 31.2. The van der Waals surface area contributed by atoms with Gasteiger partial charge in [0.05, 0.1) is 0 Å². The average molecular weight is 417 g/mol. The van der Waals surface area contributed by atoms with E-state index >= 15 is 0 Å². The van der Waals surface area contributed by atoms with Crippen LogP contribution in [0.25, 0.3) is 0 Å². The zero-order valence-corrected chi connectivity index (χ0v) is 13.8. The lowest BCUT2D eigenvalue weighted by Gasteiger charge is -2.47. The molecule has 15 nitrogen and oxygen atoms in total. The molecule has 0 aliphatic heterocycles. The smallest absolute Gasteiger partial charge is 0.265 e. The standard InChI is InChI=1S/C6H15O15P3/c7-1-2(8)4(19-22(10,11)12)6(21-24(16,17)18)5(3(1)9)20-23(13,14)15/h1-9H,(H2,10,11,12)(H2,13,14,15)(H2,16,17,18)/p-3/t1?,2-,3+,4?,5?,6?. The third-order valence-corrected chi connectivity index (χ3v) is 4.31. The number of phosphoric acid groups is 3. The predicted molar refractivity (Wildman–Crippen MR) is 62.1 cm³/mol. The van der Waals surface area contributed by atoms with E-state index in [0.29, 0.717) is 0 Å². The lowest BCUT2D eigenvalue weighted by Crippen LogP contribution is -2.65. The van der Waals surface area contributed by atoms with E-state index in [9.17, 15) is 43.7 Å². The van der Waals surface area contributed by atoms with Crippen LogP contribution in [0.1, 0.15) is 0 Å². The Kier molecular flexibility index (Phi) is 6.90. The van der Waals surface area contributed by atoms with Gasteiger partial charge in [-0.1, -0.05) is 0 Å². The molecule has 1 fully saturated rings. The Morgan fingerprint density at radius 2 is 0.833 bits per heavy atom. The van der Waals surface area contributed by atoms with Crippen molar-refractivity contribution in [2.45, 2.75) is 36.6 Å². The van der Waals surface area contributed by atoms with Crippen LogP contribution in [0, 0.1) is 0 Å². The van der Waals surface area contributed by atoms with Crippen molar-refractivity contribution in [2.24, 2.45) is 0 Å². The van der Waals surface area contributed by atoms with Gasteiger partial charge in [-0.15, -0.1) is 0 Å². The van der Waals surface area contributed by atoms with Gasteiger partial charge < -0.3 is 58.3 Å². The summed E-state index contributed by atoms with van der Waals surface area (Å²) >= 11 is 0. The second kappa shape index (κ2) is 7.45. The van der Waals surface area contributed by atoms with Crippen LogP contribution < -0.4 is 14.7 Å². The topological polar surface area (TPSA) is 269 Å². The number of hydrogen-bond acceptors (Lipinski definition) is 12. The van der Waals surface area contributed by atoms with Crippen molar-refractivity contribution < 1.29 is 71.9 Å². The van der Waals surface area contributed by atoms with Gasteiger partial charge in [0, 0.05) is 0 Å². The molecule has 0 aromatic carbocycles. The van der Waals surface area contributed by atoms with Gasteiger partial charge in [-0.3, -0.25) is 13.7 Å². The highest BCUT2D eigenvalue weighted by Crippen LogP contribution is 2.46. The molecule has 1 aliphatic carbocycles. The summed E-state index contributed by atoms with van der Waals surface area (Å²) < 4.78 is 44.1. The predicted octanol–water partition coefficient (Wildman–Crippen LogP) is -5.38. The first-order chi connectivity index (χ1) is 10.5. The maximum absolute atomic E-state index is 10.8. The van der Waals surface area contributed by atoms with E-state index in [0.717, 1.165) is 0 Å². The van der Waals surface area contributed by atoms with Crippen molar-refractivity contribution in [3.63, 3.8) is 0 Å². The van der Waals surface area contributed by atoms with Crippen LogP contribution in [-0.4, -0.2) is 66.6 Å². The maximum Gasteiger partial charge on any atom is 0.265 e. The van der Waals surface area contributed by atoms with E-state index < -0.39 is 60.1 Å². The van der Waals surface area contributed by atoms with Crippen LogP contribution >= 0.6 is 23.5 Å². The maximum atomic E-state index is 10.8. The van der Waals surface area contributed by atoms with E-state index in [1.54, 1.807) is 0 Å². The summed E-state index contributed by atoms with van der Waals surface area (Å²) in [6.45, 7) is 0. The van der Waals surface area contributed by atoms with Crippen LogP contribution in [0.2, 0.25) is 0 Å². The third-order valence-electron chi connectivity index (χ3n) is 2.79. The van der Waals surface area contributed by atoms with Gasteiger partial charge >= 0.3 is 0 Å². The average Bonchev–Trinajstić information content (AvgIpc) is 2.32. The molecule has 9 atom stereocenters. The summed E-state index contributed by atoms with van der Waals surface area (Å²) in [7, 11) is -17.2. The summed E-state index contributed by atoms with van der Waals surface area (Å²) in [6.07, 6.45) is -15.0. The van der Waals surface area contributed by atoms with E-state index in [2.05, 4.69) is 13.6 Å². The van der Waals surface area contributed by atoms with Gasteiger partial charge in [-0.25, -0.2) is 0 Å². The van der Waals surface area contributed by atoms with Crippen molar-refractivity contribution in [3.05, 3.63) is 0 Å². The zero-order chi connectivity index (χ0) is 19.1. The Labute approximate surface area is 133 Å². The Balaban J connectivity index is 3.32. The minimum atomic E-state index is -5.77. The number of aliphatic hydroxyl groups excluding tert-OH is 3. The summed E-state index contributed by atoms with van der Waals surface area (Å²) in [4.78, 5) is 58.3. The molecule has 0 heterocycles. The minimum absolute atomic E-state index is 2.39. The summed E-state index contributed by atoms with van der Waals surface area (Å²) in [5.41, 5.74) is 0. The zero-order valence-electron chi connectivity index (χ0n) is 11.2. The lowest BCUT2D eigenvalue weighted by molar-refractivity contribution is -0.279. The molecule has 7 unspecified atom stereocenters. The van der Waals surface area contributed by atoms with Crippen LogP contribution in [0.4, 0.5) is 0 Å². The second-order valence-electron chi connectivity index (χ2n) is 4.59. The van der Waals surface area contributed by atoms with Crippen molar-refractivity contribution in [3.8, 4) is 0 Å². The largest absolute Gasteiger partial charge is 0.756 e. The molecular weight excluding hydrogens is 405 g/mol. The quantitative estimate of drug-likeness (QED) is 0.220. The number of rotatable bonds is 6. The van der Waals surface area contributed by atoms with Crippen molar-refractivity contribution in [1.29, 1.82) is 0 Å². The molecule has 1 saturated carbocycles. The van der Waals surface area contributed by atoms with Crippen molar-refractivity contribution in [1.82, 2.24) is 0 Å². The van der Waals surface area contributed by atoms with E-state index in [1.165, 1.54) is 0 Å². The van der Waals surface area contributed by atoms with Gasteiger partial charge in [-0.05, 0) is 0 Å². The molecule has 0 spiro atoms. The fourth-order valence-corrected chi connectivity index (χ4v) is 3.64. The fraction of sp³-hybridized carbons (Fsp3) is 1.00. The molecule has 0 bridgehead atoms. The lowest BCUT2D eigenvalue weighted by atomic mass is 9.85. The molecule has 0 aromatic heterocycles. The first kappa shape index (κ1) is 22.3. The molecule has 24 heavy (non-hydrogen) atoms. The fourth-order valence-electron chi connectivity index (χ4n) is 1.99. The molecule has 1 aliphatic rings. The molecule has 0 amide bonds. The first-order valence-electron chi connectivity index (χ1n) is 5.72. The molecule has 0 aromatic rings. The van der Waals surface area contributed by atoms with Crippen LogP contribution in [0.3, 0.4) is 0 Å². The number of aliphatic hydroxyl groups is 3. The molecular formula is C6H12O15P3-3. The molecule has 0 saturated heterocycles. The number of phosphoric ester groups is 3. The van der Waals surface area contributed by atoms with Crippen LogP contribution in [0.5, 0.6) is 0 Å². The Morgan fingerprint density at radius 3 is 1.08 bits per heavy atom. The minimum Gasteiger partial charge on any atom is -0.756 e. The van der Waals surface area contributed by atoms with Crippen molar-refractivity contribution >= 4 is 23.5 Å². The SMILES string of the molecule is O=P([O-])(O)OC1C(OP(=O)([O-])O)[C@@H](O)C(O)[C@@H](O)C1OP(=O)([O-])O. The Morgan fingerprint density at radius 1 is 0.583 bits per heavy atom.